The fraction of sp³-hybridized carbons (Fsp3) is 0.250. The number of halogens is 1. The summed E-state index contributed by atoms with van der Waals surface area (Å²) < 4.78 is 1.77. The van der Waals surface area contributed by atoms with Gasteiger partial charge in [-0.25, -0.2) is 0 Å². The monoisotopic (exact) mass is 368 g/mol. The maximum atomic E-state index is 12.3. The van der Waals surface area contributed by atoms with Crippen molar-refractivity contribution in [2.24, 2.45) is 5.92 Å². The second kappa shape index (κ2) is 7.70. The number of amides is 1. The molecule has 2 heterocycles. The van der Waals surface area contributed by atoms with E-state index in [0.29, 0.717) is 16.8 Å². The Kier molecular flexibility index (Phi) is 5.38. The Balaban J connectivity index is 1.79. The van der Waals surface area contributed by atoms with Crippen LogP contribution < -0.4 is 5.32 Å². The summed E-state index contributed by atoms with van der Waals surface area (Å²) in [5, 5.41) is 8.84. The summed E-state index contributed by atoms with van der Waals surface area (Å²) >= 11 is 6.40. The van der Waals surface area contributed by atoms with Crippen LogP contribution in [0.5, 0.6) is 0 Å². The number of nitrogens with one attached hydrogen (secondary N) is 1. The summed E-state index contributed by atoms with van der Waals surface area (Å²) in [5.74, 6) is 0.195. The zero-order valence-electron chi connectivity index (χ0n) is 15.0. The quantitative estimate of drug-likeness (QED) is 0.664. The molecule has 0 saturated carbocycles. The zero-order chi connectivity index (χ0) is 18.7. The van der Waals surface area contributed by atoms with E-state index in [1.807, 2.05) is 37.3 Å². The minimum absolute atomic E-state index is 0.241. The number of aromatic nitrogens is 3. The first kappa shape index (κ1) is 18.1. The molecule has 3 aromatic rings. The minimum Gasteiger partial charge on any atom is -0.321 e. The predicted molar refractivity (Wildman–Crippen MR) is 106 cm³/mol. The highest BCUT2D eigenvalue weighted by Crippen LogP contribution is 2.23. The van der Waals surface area contributed by atoms with Gasteiger partial charge in [0.25, 0.3) is 0 Å². The standard InChI is InChI=1S/C20H21ClN4O/c1-13(2)12-25-20(21)16(14(3)24-25)9-10-18(26)23-17-8-4-6-15-7-5-11-22-19(15)17/h4-11,13H,12H2,1-3H3,(H,23,26). The minimum atomic E-state index is -0.241. The fourth-order valence-corrected chi connectivity index (χ4v) is 3.07. The third-order valence-electron chi connectivity index (χ3n) is 3.94. The van der Waals surface area contributed by atoms with Crippen LogP contribution in [0.15, 0.2) is 42.6 Å². The fourth-order valence-electron chi connectivity index (χ4n) is 2.76. The van der Waals surface area contributed by atoms with Crippen LogP contribution in [0.1, 0.15) is 25.1 Å². The predicted octanol–water partition coefficient (Wildman–Crippen LogP) is 4.70. The van der Waals surface area contributed by atoms with E-state index in [-0.39, 0.29) is 5.91 Å². The molecule has 0 bridgehead atoms. The molecule has 134 valence electrons. The van der Waals surface area contributed by atoms with E-state index >= 15 is 0 Å². The van der Waals surface area contributed by atoms with E-state index in [0.717, 1.165) is 28.7 Å². The van der Waals surface area contributed by atoms with E-state index < -0.39 is 0 Å². The molecule has 0 aliphatic heterocycles. The van der Waals surface area contributed by atoms with Crippen molar-refractivity contribution in [3.05, 3.63) is 59.0 Å². The summed E-state index contributed by atoms with van der Waals surface area (Å²) in [7, 11) is 0. The average molecular weight is 369 g/mol. The number of carbonyl (C=O) groups excluding carboxylic acids is 1. The molecular formula is C20H21ClN4O. The number of rotatable bonds is 5. The molecular weight excluding hydrogens is 348 g/mol. The average Bonchev–Trinajstić information content (AvgIpc) is 2.86. The number of pyridine rings is 1. The molecule has 0 radical (unpaired) electrons. The topological polar surface area (TPSA) is 59.8 Å². The molecule has 0 aliphatic rings. The van der Waals surface area contributed by atoms with E-state index in [9.17, 15) is 4.79 Å². The molecule has 26 heavy (non-hydrogen) atoms. The lowest BCUT2D eigenvalue weighted by molar-refractivity contribution is -0.111. The normalized spacial score (nSPS) is 11.6. The van der Waals surface area contributed by atoms with Crippen molar-refractivity contribution in [3.8, 4) is 0 Å². The zero-order valence-corrected chi connectivity index (χ0v) is 15.8. The van der Waals surface area contributed by atoms with Crippen LogP contribution in [0, 0.1) is 12.8 Å². The molecule has 1 N–H and O–H groups in total. The van der Waals surface area contributed by atoms with Crippen LogP contribution in [0.4, 0.5) is 5.69 Å². The molecule has 1 aromatic carbocycles. The highest BCUT2D eigenvalue weighted by Gasteiger charge is 2.12. The number of anilines is 1. The molecule has 5 nitrogen and oxygen atoms in total. The maximum absolute atomic E-state index is 12.3. The first-order valence-corrected chi connectivity index (χ1v) is 8.89. The number of aryl methyl sites for hydroxylation is 1. The van der Waals surface area contributed by atoms with E-state index in [1.165, 1.54) is 6.08 Å². The molecule has 3 rings (SSSR count). The largest absolute Gasteiger partial charge is 0.321 e. The van der Waals surface area contributed by atoms with Gasteiger partial charge in [0.05, 0.1) is 16.9 Å². The lowest BCUT2D eigenvalue weighted by Crippen LogP contribution is -2.08. The van der Waals surface area contributed by atoms with Crippen LogP contribution in [-0.4, -0.2) is 20.7 Å². The van der Waals surface area contributed by atoms with Gasteiger partial charge in [-0.15, -0.1) is 0 Å². The number of fused-ring (bicyclic) bond motifs is 1. The van der Waals surface area contributed by atoms with Gasteiger partial charge >= 0.3 is 0 Å². The van der Waals surface area contributed by atoms with Gasteiger partial charge < -0.3 is 5.32 Å². The Morgan fingerprint density at radius 1 is 1.31 bits per heavy atom. The van der Waals surface area contributed by atoms with Gasteiger partial charge in [0.2, 0.25) is 5.91 Å². The van der Waals surface area contributed by atoms with Crippen LogP contribution in [-0.2, 0) is 11.3 Å². The summed E-state index contributed by atoms with van der Waals surface area (Å²) in [6.07, 6.45) is 4.88. The molecule has 0 atom stereocenters. The van der Waals surface area contributed by atoms with Gasteiger partial charge in [0.15, 0.2) is 0 Å². The Bertz CT molecular complexity index is 970. The number of hydrogen-bond donors (Lipinski definition) is 1. The maximum Gasteiger partial charge on any atom is 0.248 e. The molecule has 0 unspecified atom stereocenters. The number of carbonyl (C=O) groups is 1. The second-order valence-corrected chi connectivity index (χ2v) is 6.93. The molecule has 0 fully saturated rings. The first-order chi connectivity index (χ1) is 12.5. The third kappa shape index (κ3) is 3.94. The van der Waals surface area contributed by atoms with Crippen LogP contribution >= 0.6 is 11.6 Å². The van der Waals surface area contributed by atoms with Gasteiger partial charge in [-0.3, -0.25) is 14.5 Å². The Hall–Kier alpha value is -2.66. The molecule has 2 aromatic heterocycles. The summed E-state index contributed by atoms with van der Waals surface area (Å²) in [5.41, 5.74) is 3.00. The summed E-state index contributed by atoms with van der Waals surface area (Å²) in [6, 6.07) is 9.51. The van der Waals surface area contributed by atoms with Crippen molar-refractivity contribution in [2.45, 2.75) is 27.3 Å². The van der Waals surface area contributed by atoms with Gasteiger partial charge in [-0.2, -0.15) is 5.10 Å². The molecule has 0 saturated heterocycles. The first-order valence-electron chi connectivity index (χ1n) is 8.51. The van der Waals surface area contributed by atoms with Crippen molar-refractivity contribution in [2.75, 3.05) is 5.32 Å². The Morgan fingerprint density at radius 3 is 2.85 bits per heavy atom. The van der Waals surface area contributed by atoms with Crippen LogP contribution in [0.25, 0.3) is 17.0 Å². The van der Waals surface area contributed by atoms with Gasteiger partial charge in [-0.1, -0.05) is 43.6 Å². The van der Waals surface area contributed by atoms with Crippen molar-refractivity contribution in [1.82, 2.24) is 14.8 Å². The van der Waals surface area contributed by atoms with Crippen LogP contribution in [0.2, 0.25) is 5.15 Å². The molecule has 0 aliphatic carbocycles. The summed E-state index contributed by atoms with van der Waals surface area (Å²) in [4.78, 5) is 16.7. The number of hydrogen-bond acceptors (Lipinski definition) is 3. The molecule has 1 amide bonds. The SMILES string of the molecule is Cc1nn(CC(C)C)c(Cl)c1C=CC(=O)Nc1cccc2cccnc12. The van der Waals surface area contributed by atoms with Crippen LogP contribution in [0.3, 0.4) is 0 Å². The lowest BCUT2D eigenvalue weighted by Gasteiger charge is -2.06. The van der Waals surface area contributed by atoms with Crippen molar-refractivity contribution < 1.29 is 4.79 Å². The number of nitrogens with zero attached hydrogens (tertiary/aromatic N) is 3. The highest BCUT2D eigenvalue weighted by molar-refractivity contribution is 6.31. The summed E-state index contributed by atoms with van der Waals surface area (Å²) in [6.45, 7) is 6.83. The van der Waals surface area contributed by atoms with Gasteiger partial charge in [-0.05, 0) is 31.1 Å². The lowest BCUT2D eigenvalue weighted by atomic mass is 10.2. The van der Waals surface area contributed by atoms with E-state index in [2.05, 4.69) is 29.2 Å². The number of para-hydroxylation sites is 1. The van der Waals surface area contributed by atoms with Crippen molar-refractivity contribution in [1.29, 1.82) is 0 Å². The van der Waals surface area contributed by atoms with E-state index in [1.54, 1.807) is 17.0 Å². The van der Waals surface area contributed by atoms with E-state index in [4.69, 9.17) is 11.6 Å². The molecule has 0 spiro atoms. The Labute approximate surface area is 157 Å². The van der Waals surface area contributed by atoms with Crippen molar-refractivity contribution >= 4 is 40.2 Å². The molecule has 6 heteroatoms. The third-order valence-corrected chi connectivity index (χ3v) is 4.34. The smallest absolute Gasteiger partial charge is 0.248 e. The highest BCUT2D eigenvalue weighted by atomic mass is 35.5. The Morgan fingerprint density at radius 2 is 2.08 bits per heavy atom. The van der Waals surface area contributed by atoms with Gasteiger partial charge in [0, 0.05) is 29.8 Å². The number of benzene rings is 1. The van der Waals surface area contributed by atoms with Gasteiger partial charge in [0.1, 0.15) is 5.15 Å². The van der Waals surface area contributed by atoms with Crippen molar-refractivity contribution in [3.63, 3.8) is 0 Å². The second-order valence-electron chi connectivity index (χ2n) is 6.57.